The van der Waals surface area contributed by atoms with Crippen LogP contribution < -0.4 is 9.47 Å². The van der Waals surface area contributed by atoms with Gasteiger partial charge in [0.05, 0.1) is 12.7 Å². The topological polar surface area (TPSA) is 35.5 Å². The Morgan fingerprint density at radius 2 is 2.33 bits per heavy atom. The first-order valence-corrected chi connectivity index (χ1v) is 4.64. The van der Waals surface area contributed by atoms with Crippen molar-refractivity contribution >= 4 is 17.9 Å². The number of carbonyl (C=O) groups is 1. The number of methoxy groups -OCH3 is 1. The molecule has 0 aliphatic heterocycles. The van der Waals surface area contributed by atoms with Crippen LogP contribution in [0.4, 0.5) is 0 Å². The van der Waals surface area contributed by atoms with Crippen molar-refractivity contribution in [2.75, 3.05) is 13.7 Å². The first-order valence-electron chi connectivity index (χ1n) is 4.26. The van der Waals surface area contributed by atoms with Gasteiger partial charge in [0.2, 0.25) is 0 Å². The van der Waals surface area contributed by atoms with E-state index in [1.165, 1.54) is 0 Å². The van der Waals surface area contributed by atoms with Crippen LogP contribution in [0.25, 0.3) is 0 Å². The molecule has 0 fully saturated rings. The normalized spacial score (nSPS) is 9.47. The van der Waals surface area contributed by atoms with Crippen molar-refractivity contribution < 1.29 is 14.3 Å². The molecule has 0 atom stereocenters. The second kappa shape index (κ2) is 5.41. The molecule has 80 valence electrons. The third kappa shape index (κ3) is 3.29. The number of aldehydes is 1. The first kappa shape index (κ1) is 11.6. The van der Waals surface area contributed by atoms with E-state index < -0.39 is 0 Å². The minimum absolute atomic E-state index is 0.162. The Kier molecular flexibility index (Phi) is 4.18. The second-order valence-corrected chi connectivity index (χ2v) is 3.36. The summed E-state index contributed by atoms with van der Waals surface area (Å²) in [6.45, 7) is 3.65. The summed E-state index contributed by atoms with van der Waals surface area (Å²) in [6.07, 6.45) is 0.714. The zero-order valence-electron chi connectivity index (χ0n) is 8.33. The zero-order valence-corrected chi connectivity index (χ0v) is 9.08. The molecule has 0 N–H and O–H groups in total. The zero-order chi connectivity index (χ0) is 11.3. The molecule has 0 saturated heterocycles. The maximum atomic E-state index is 10.7. The number of halogens is 1. The maximum absolute atomic E-state index is 10.7. The molecule has 1 aromatic carbocycles. The molecular formula is C11H11ClO3. The van der Waals surface area contributed by atoms with E-state index in [9.17, 15) is 4.79 Å². The van der Waals surface area contributed by atoms with E-state index in [-0.39, 0.29) is 6.61 Å². The molecule has 0 aromatic heterocycles. The Morgan fingerprint density at radius 1 is 1.60 bits per heavy atom. The molecule has 0 unspecified atom stereocenters. The molecule has 1 rings (SSSR count). The van der Waals surface area contributed by atoms with Gasteiger partial charge < -0.3 is 9.47 Å². The lowest BCUT2D eigenvalue weighted by Gasteiger charge is -2.08. The van der Waals surface area contributed by atoms with Gasteiger partial charge in [0.15, 0.2) is 6.29 Å². The Morgan fingerprint density at radius 3 is 2.87 bits per heavy atom. The predicted octanol–water partition coefficient (Wildman–Crippen LogP) is 2.64. The molecule has 0 aliphatic rings. The molecule has 1 aromatic rings. The maximum Gasteiger partial charge on any atom is 0.153 e. The highest BCUT2D eigenvalue weighted by Crippen LogP contribution is 2.24. The lowest BCUT2D eigenvalue weighted by Crippen LogP contribution is -1.99. The van der Waals surface area contributed by atoms with Crippen LogP contribution in [0.2, 0.25) is 0 Å². The number of hydrogen-bond donors (Lipinski definition) is 0. The lowest BCUT2D eigenvalue weighted by molar-refractivity contribution is 0.112. The fraction of sp³-hybridized carbons (Fsp3) is 0.182. The Hall–Kier alpha value is -1.48. The summed E-state index contributed by atoms with van der Waals surface area (Å²) in [4.78, 5) is 10.7. The second-order valence-electron chi connectivity index (χ2n) is 2.83. The van der Waals surface area contributed by atoms with Gasteiger partial charge in [-0.25, -0.2) is 0 Å². The highest BCUT2D eigenvalue weighted by molar-refractivity contribution is 6.29. The van der Waals surface area contributed by atoms with Crippen molar-refractivity contribution in [3.05, 3.63) is 35.4 Å². The minimum atomic E-state index is 0.162. The summed E-state index contributed by atoms with van der Waals surface area (Å²) >= 11 is 5.56. The molecule has 0 amide bonds. The van der Waals surface area contributed by atoms with Crippen LogP contribution in [0.3, 0.4) is 0 Å². The average Bonchev–Trinajstić information content (AvgIpc) is 2.25. The van der Waals surface area contributed by atoms with E-state index >= 15 is 0 Å². The third-order valence-corrected chi connectivity index (χ3v) is 1.84. The average molecular weight is 227 g/mol. The number of hydrogen-bond acceptors (Lipinski definition) is 3. The molecule has 0 spiro atoms. The van der Waals surface area contributed by atoms with E-state index in [0.717, 1.165) is 0 Å². The van der Waals surface area contributed by atoms with Crippen molar-refractivity contribution in [1.82, 2.24) is 0 Å². The highest BCUT2D eigenvalue weighted by atomic mass is 35.5. The van der Waals surface area contributed by atoms with Gasteiger partial charge in [-0.15, -0.1) is 0 Å². The van der Waals surface area contributed by atoms with Crippen molar-refractivity contribution in [2.24, 2.45) is 0 Å². The van der Waals surface area contributed by atoms with Crippen LogP contribution in [0, 0.1) is 0 Å². The smallest absolute Gasteiger partial charge is 0.153 e. The van der Waals surface area contributed by atoms with Gasteiger partial charge in [-0.2, -0.15) is 0 Å². The standard InChI is InChI=1S/C11H11ClO3/c1-8(12)7-15-11-5-10(14-2)4-3-9(11)6-13/h3-6H,1,7H2,2H3. The van der Waals surface area contributed by atoms with Gasteiger partial charge in [0.25, 0.3) is 0 Å². The number of benzene rings is 1. The Labute approximate surface area is 93.3 Å². The largest absolute Gasteiger partial charge is 0.497 e. The van der Waals surface area contributed by atoms with E-state index in [2.05, 4.69) is 6.58 Å². The summed E-state index contributed by atoms with van der Waals surface area (Å²) in [5.41, 5.74) is 0.453. The van der Waals surface area contributed by atoms with Crippen LogP contribution in [-0.2, 0) is 0 Å². The summed E-state index contributed by atoms with van der Waals surface area (Å²) in [5.74, 6) is 1.06. The number of rotatable bonds is 5. The molecule has 0 bridgehead atoms. The van der Waals surface area contributed by atoms with Crippen LogP contribution >= 0.6 is 11.6 Å². The van der Waals surface area contributed by atoms with Crippen molar-refractivity contribution in [3.8, 4) is 11.5 Å². The van der Waals surface area contributed by atoms with Gasteiger partial charge in [-0.1, -0.05) is 18.2 Å². The van der Waals surface area contributed by atoms with Crippen LogP contribution in [-0.4, -0.2) is 20.0 Å². The predicted molar refractivity (Wildman–Crippen MR) is 58.9 cm³/mol. The molecule has 15 heavy (non-hydrogen) atoms. The van der Waals surface area contributed by atoms with E-state index in [1.54, 1.807) is 25.3 Å². The minimum Gasteiger partial charge on any atom is -0.497 e. The SMILES string of the molecule is C=C(Cl)COc1cc(OC)ccc1C=O. The Bertz CT molecular complexity index is 374. The highest BCUT2D eigenvalue weighted by Gasteiger charge is 2.05. The molecule has 0 heterocycles. The van der Waals surface area contributed by atoms with Gasteiger partial charge in [0.1, 0.15) is 18.1 Å². The van der Waals surface area contributed by atoms with Crippen LogP contribution in [0.5, 0.6) is 11.5 Å². The van der Waals surface area contributed by atoms with Crippen molar-refractivity contribution in [1.29, 1.82) is 0 Å². The van der Waals surface area contributed by atoms with Crippen LogP contribution in [0.15, 0.2) is 29.8 Å². The van der Waals surface area contributed by atoms with Gasteiger partial charge in [-0.3, -0.25) is 4.79 Å². The summed E-state index contributed by atoms with van der Waals surface area (Å²) in [5, 5.41) is 0.370. The quantitative estimate of drug-likeness (QED) is 0.724. The molecule has 3 nitrogen and oxygen atoms in total. The van der Waals surface area contributed by atoms with E-state index in [4.69, 9.17) is 21.1 Å². The summed E-state index contributed by atoms with van der Waals surface area (Å²) < 4.78 is 10.3. The fourth-order valence-electron chi connectivity index (χ4n) is 1.02. The van der Waals surface area contributed by atoms with Crippen molar-refractivity contribution in [2.45, 2.75) is 0 Å². The Balaban J connectivity index is 2.90. The molecule has 4 heteroatoms. The monoisotopic (exact) mass is 226 g/mol. The van der Waals surface area contributed by atoms with Crippen LogP contribution in [0.1, 0.15) is 10.4 Å². The number of carbonyl (C=O) groups excluding carboxylic acids is 1. The van der Waals surface area contributed by atoms with Gasteiger partial charge in [-0.05, 0) is 12.1 Å². The lowest BCUT2D eigenvalue weighted by atomic mass is 10.2. The fourth-order valence-corrected chi connectivity index (χ4v) is 1.07. The summed E-state index contributed by atoms with van der Waals surface area (Å²) in [6, 6.07) is 4.94. The molecular weight excluding hydrogens is 216 g/mol. The molecule has 0 aliphatic carbocycles. The number of ether oxygens (including phenoxy) is 2. The van der Waals surface area contributed by atoms with Gasteiger partial charge >= 0.3 is 0 Å². The third-order valence-electron chi connectivity index (χ3n) is 1.73. The van der Waals surface area contributed by atoms with Crippen molar-refractivity contribution in [3.63, 3.8) is 0 Å². The molecule has 0 radical (unpaired) electrons. The summed E-state index contributed by atoms with van der Waals surface area (Å²) in [7, 11) is 1.54. The van der Waals surface area contributed by atoms with E-state index in [0.29, 0.717) is 28.4 Å². The van der Waals surface area contributed by atoms with Gasteiger partial charge in [0, 0.05) is 11.1 Å². The van der Waals surface area contributed by atoms with E-state index in [1.807, 2.05) is 0 Å². The first-order chi connectivity index (χ1) is 7.17. The molecule has 0 saturated carbocycles.